The Bertz CT molecular complexity index is 820. The molecule has 22 heavy (non-hydrogen) atoms. The molecule has 0 saturated heterocycles. The van der Waals surface area contributed by atoms with Crippen LogP contribution in [-0.2, 0) is 7.05 Å². The molecule has 0 fully saturated rings. The first-order valence-corrected chi connectivity index (χ1v) is 6.44. The van der Waals surface area contributed by atoms with E-state index in [1.54, 1.807) is 26.2 Å². The molecule has 0 radical (unpaired) electrons. The van der Waals surface area contributed by atoms with E-state index in [4.69, 9.17) is 4.42 Å². The van der Waals surface area contributed by atoms with Gasteiger partial charge in [0.25, 0.3) is 5.91 Å². The van der Waals surface area contributed by atoms with Crippen LogP contribution >= 0.6 is 0 Å². The number of carbonyl (C=O) groups is 1. The highest BCUT2D eigenvalue weighted by molar-refractivity contribution is 6.02. The number of aryl methyl sites for hydroxylation is 2. The molecule has 1 aromatic carbocycles. The molecular weight excluding hydrogens is 289 g/mol. The Hall–Kier alpha value is -3.03. The predicted molar refractivity (Wildman–Crippen MR) is 75.6 cm³/mol. The van der Waals surface area contributed by atoms with Crippen LogP contribution in [0.25, 0.3) is 11.5 Å². The van der Waals surface area contributed by atoms with Crippen LogP contribution in [0.3, 0.4) is 0 Å². The fourth-order valence-electron chi connectivity index (χ4n) is 2.04. The minimum absolute atomic E-state index is 0.0649. The Morgan fingerprint density at radius 1 is 1.36 bits per heavy atom. The third-order valence-electron chi connectivity index (χ3n) is 3.05. The molecule has 2 aromatic heterocycles. The van der Waals surface area contributed by atoms with Gasteiger partial charge in [-0.2, -0.15) is 5.10 Å². The molecule has 0 spiro atoms. The number of rotatable bonds is 3. The maximum absolute atomic E-state index is 13.2. The van der Waals surface area contributed by atoms with E-state index in [1.807, 2.05) is 0 Å². The fraction of sp³-hybridized carbons (Fsp3) is 0.143. The van der Waals surface area contributed by atoms with E-state index in [0.29, 0.717) is 11.3 Å². The van der Waals surface area contributed by atoms with Crippen LogP contribution in [0.15, 0.2) is 34.9 Å². The van der Waals surface area contributed by atoms with Gasteiger partial charge in [0.2, 0.25) is 5.89 Å². The van der Waals surface area contributed by atoms with E-state index >= 15 is 0 Å². The summed E-state index contributed by atoms with van der Waals surface area (Å²) in [5.41, 5.74) is 1.56. The number of anilines is 1. The number of benzene rings is 1. The van der Waals surface area contributed by atoms with Crippen molar-refractivity contribution in [1.29, 1.82) is 0 Å². The molecule has 0 aliphatic heterocycles. The van der Waals surface area contributed by atoms with Gasteiger partial charge in [-0.3, -0.25) is 14.8 Å². The van der Waals surface area contributed by atoms with Crippen molar-refractivity contribution in [3.05, 3.63) is 47.5 Å². The van der Waals surface area contributed by atoms with Gasteiger partial charge in [0, 0.05) is 12.6 Å². The molecule has 0 bridgehead atoms. The van der Waals surface area contributed by atoms with E-state index in [1.165, 1.54) is 22.9 Å². The molecule has 0 saturated carbocycles. The SMILES string of the molecule is Cc1cnn(C)c1C(=O)Nc1nnc(-c2cccc(F)c2)o1. The molecular formula is C14H12FN5O2. The second-order valence-corrected chi connectivity index (χ2v) is 4.68. The Morgan fingerprint density at radius 3 is 2.86 bits per heavy atom. The van der Waals surface area contributed by atoms with Crippen molar-refractivity contribution >= 4 is 11.9 Å². The summed E-state index contributed by atoms with van der Waals surface area (Å²) in [6, 6.07) is 5.68. The molecule has 7 nitrogen and oxygen atoms in total. The van der Waals surface area contributed by atoms with Crippen molar-refractivity contribution in [3.8, 4) is 11.5 Å². The number of carbonyl (C=O) groups excluding carboxylic acids is 1. The molecule has 3 rings (SSSR count). The molecule has 112 valence electrons. The maximum atomic E-state index is 13.2. The summed E-state index contributed by atoms with van der Waals surface area (Å²) in [5.74, 6) is -0.699. The van der Waals surface area contributed by atoms with Crippen molar-refractivity contribution < 1.29 is 13.6 Å². The molecule has 1 N–H and O–H groups in total. The molecule has 8 heteroatoms. The van der Waals surface area contributed by atoms with Gasteiger partial charge in [0.05, 0.1) is 6.20 Å². The Balaban J connectivity index is 1.82. The third kappa shape index (κ3) is 2.58. The maximum Gasteiger partial charge on any atom is 0.322 e. The molecule has 3 aromatic rings. The molecule has 0 atom stereocenters. The van der Waals surface area contributed by atoms with Crippen LogP contribution in [0.5, 0.6) is 0 Å². The Labute approximate surface area is 124 Å². The summed E-state index contributed by atoms with van der Waals surface area (Å²) in [5, 5.41) is 14.0. The van der Waals surface area contributed by atoms with Crippen LogP contribution in [0.4, 0.5) is 10.4 Å². The Morgan fingerprint density at radius 2 is 2.18 bits per heavy atom. The van der Waals surface area contributed by atoms with E-state index in [2.05, 4.69) is 20.6 Å². The van der Waals surface area contributed by atoms with Crippen LogP contribution in [0, 0.1) is 12.7 Å². The van der Waals surface area contributed by atoms with Gasteiger partial charge < -0.3 is 4.42 Å². The van der Waals surface area contributed by atoms with Gasteiger partial charge in [0.15, 0.2) is 0 Å². The standard InChI is InChI=1S/C14H12FN5O2/c1-8-7-16-20(2)11(8)12(21)17-14-19-18-13(22-14)9-4-3-5-10(15)6-9/h3-7H,1-2H3,(H,17,19,21). The number of nitrogens with one attached hydrogen (secondary N) is 1. The summed E-state index contributed by atoms with van der Waals surface area (Å²) in [6.07, 6.45) is 1.58. The fourth-order valence-corrected chi connectivity index (χ4v) is 2.04. The van der Waals surface area contributed by atoms with Gasteiger partial charge in [-0.1, -0.05) is 11.2 Å². The van der Waals surface area contributed by atoms with Crippen molar-refractivity contribution in [2.24, 2.45) is 7.05 Å². The number of halogens is 1. The summed E-state index contributed by atoms with van der Waals surface area (Å²) in [7, 11) is 1.66. The first-order chi connectivity index (χ1) is 10.5. The monoisotopic (exact) mass is 301 g/mol. The van der Waals surface area contributed by atoms with Gasteiger partial charge >= 0.3 is 6.01 Å². The highest BCUT2D eigenvalue weighted by Gasteiger charge is 2.17. The summed E-state index contributed by atoms with van der Waals surface area (Å²) in [6.45, 7) is 1.77. The quantitative estimate of drug-likeness (QED) is 0.801. The van der Waals surface area contributed by atoms with E-state index in [9.17, 15) is 9.18 Å². The second-order valence-electron chi connectivity index (χ2n) is 4.68. The van der Waals surface area contributed by atoms with Crippen molar-refractivity contribution in [1.82, 2.24) is 20.0 Å². The van der Waals surface area contributed by atoms with Gasteiger partial charge in [-0.05, 0) is 30.7 Å². The van der Waals surface area contributed by atoms with Gasteiger partial charge in [-0.25, -0.2) is 4.39 Å². The van der Waals surface area contributed by atoms with E-state index < -0.39 is 11.7 Å². The van der Waals surface area contributed by atoms with Crippen LogP contribution in [0.2, 0.25) is 0 Å². The molecule has 0 unspecified atom stereocenters. The molecule has 1 amide bonds. The molecule has 0 aliphatic carbocycles. The van der Waals surface area contributed by atoms with Crippen LogP contribution in [0.1, 0.15) is 16.1 Å². The second kappa shape index (κ2) is 5.40. The largest absolute Gasteiger partial charge is 0.403 e. The van der Waals surface area contributed by atoms with E-state index in [0.717, 1.165) is 5.56 Å². The zero-order valence-electron chi connectivity index (χ0n) is 11.9. The normalized spacial score (nSPS) is 10.7. The highest BCUT2D eigenvalue weighted by atomic mass is 19.1. The number of aromatic nitrogens is 4. The van der Waals surface area contributed by atoms with Crippen molar-refractivity contribution in [2.45, 2.75) is 6.92 Å². The predicted octanol–water partition coefficient (Wildman–Crippen LogP) is 2.17. The molecule has 2 heterocycles. The lowest BCUT2D eigenvalue weighted by atomic mass is 10.2. The lowest BCUT2D eigenvalue weighted by Gasteiger charge is -2.02. The number of hydrogen-bond donors (Lipinski definition) is 1. The zero-order chi connectivity index (χ0) is 15.7. The average Bonchev–Trinajstić information content (AvgIpc) is 3.06. The lowest BCUT2D eigenvalue weighted by Crippen LogP contribution is -2.17. The lowest BCUT2D eigenvalue weighted by molar-refractivity contribution is 0.101. The minimum atomic E-state index is -0.410. The smallest absolute Gasteiger partial charge is 0.322 e. The topological polar surface area (TPSA) is 85.8 Å². The first kappa shape index (κ1) is 13.9. The number of nitrogens with zero attached hydrogens (tertiary/aromatic N) is 4. The summed E-state index contributed by atoms with van der Waals surface area (Å²) < 4.78 is 20.0. The van der Waals surface area contributed by atoms with Crippen LogP contribution in [-0.4, -0.2) is 25.9 Å². The van der Waals surface area contributed by atoms with Crippen LogP contribution < -0.4 is 5.32 Å². The number of amides is 1. The molecule has 0 aliphatic rings. The van der Waals surface area contributed by atoms with Crippen molar-refractivity contribution in [2.75, 3.05) is 5.32 Å². The van der Waals surface area contributed by atoms with Crippen molar-refractivity contribution in [3.63, 3.8) is 0 Å². The first-order valence-electron chi connectivity index (χ1n) is 6.44. The summed E-state index contributed by atoms with van der Waals surface area (Å²) in [4.78, 5) is 12.2. The number of hydrogen-bond acceptors (Lipinski definition) is 5. The van der Waals surface area contributed by atoms with E-state index in [-0.39, 0.29) is 11.9 Å². The van der Waals surface area contributed by atoms with Gasteiger partial charge in [-0.15, -0.1) is 5.10 Å². The van der Waals surface area contributed by atoms with Gasteiger partial charge in [0.1, 0.15) is 11.5 Å². The minimum Gasteiger partial charge on any atom is -0.403 e. The highest BCUT2D eigenvalue weighted by Crippen LogP contribution is 2.20. The zero-order valence-corrected chi connectivity index (χ0v) is 11.9. The summed E-state index contributed by atoms with van der Waals surface area (Å²) >= 11 is 0. The third-order valence-corrected chi connectivity index (χ3v) is 3.05. The Kier molecular flexibility index (Phi) is 3.42. The average molecular weight is 301 g/mol.